The van der Waals surface area contributed by atoms with E-state index >= 15 is 0 Å². The molecule has 1 heterocycles. The van der Waals surface area contributed by atoms with Crippen LogP contribution in [-0.2, 0) is 16.6 Å². The van der Waals surface area contributed by atoms with Crippen molar-refractivity contribution in [3.63, 3.8) is 0 Å². The fraction of sp³-hybridized carbons (Fsp3) is 0.235. The van der Waals surface area contributed by atoms with Gasteiger partial charge in [0.1, 0.15) is 0 Å². The van der Waals surface area contributed by atoms with Crippen LogP contribution in [0, 0.1) is 24.4 Å². The number of sulfonamides is 1. The highest BCUT2D eigenvalue weighted by Gasteiger charge is 2.33. The van der Waals surface area contributed by atoms with Gasteiger partial charge in [-0.2, -0.15) is 4.31 Å². The molecule has 0 fully saturated rings. The van der Waals surface area contributed by atoms with Gasteiger partial charge in [-0.15, -0.1) is 0 Å². The molecule has 2 aromatic carbocycles. The molecule has 132 valence electrons. The highest BCUT2D eigenvalue weighted by atomic mass is 32.2. The van der Waals surface area contributed by atoms with Crippen molar-refractivity contribution < 1.29 is 26.4 Å². The summed E-state index contributed by atoms with van der Waals surface area (Å²) in [5.41, 5.74) is 0.102. The smallest absolute Gasteiger partial charge is 0.243 e. The van der Waals surface area contributed by atoms with Crippen molar-refractivity contribution in [3.05, 3.63) is 64.5 Å². The van der Waals surface area contributed by atoms with Gasteiger partial charge in [-0.25, -0.2) is 21.6 Å². The van der Waals surface area contributed by atoms with Crippen molar-refractivity contribution in [1.82, 2.24) is 4.31 Å². The van der Waals surface area contributed by atoms with Crippen LogP contribution in [0.15, 0.2) is 35.2 Å². The van der Waals surface area contributed by atoms with Gasteiger partial charge in [0.15, 0.2) is 23.2 Å². The van der Waals surface area contributed by atoms with Gasteiger partial charge in [-0.05, 0) is 30.7 Å². The fourth-order valence-electron chi connectivity index (χ4n) is 2.75. The quantitative estimate of drug-likeness (QED) is 0.764. The number of benzene rings is 2. The molecular weight excluding hydrogens is 355 g/mol. The minimum absolute atomic E-state index is 0.0112. The largest absolute Gasteiger partial charge is 0.294 e. The van der Waals surface area contributed by atoms with Crippen molar-refractivity contribution in [1.29, 1.82) is 0 Å². The number of hydrogen-bond donors (Lipinski definition) is 0. The van der Waals surface area contributed by atoms with Gasteiger partial charge in [-0.3, -0.25) is 4.79 Å². The van der Waals surface area contributed by atoms with E-state index in [2.05, 4.69) is 0 Å². The van der Waals surface area contributed by atoms with Gasteiger partial charge in [0.05, 0.1) is 10.5 Å². The Balaban J connectivity index is 2.07. The molecule has 2 aromatic rings. The molecule has 0 aliphatic carbocycles. The first-order valence-electron chi connectivity index (χ1n) is 7.48. The third-order valence-corrected chi connectivity index (χ3v) is 5.98. The van der Waals surface area contributed by atoms with E-state index in [4.69, 9.17) is 0 Å². The average Bonchev–Trinajstić information content (AvgIpc) is 2.72. The van der Waals surface area contributed by atoms with Crippen LogP contribution in [0.5, 0.6) is 0 Å². The van der Waals surface area contributed by atoms with Gasteiger partial charge >= 0.3 is 0 Å². The van der Waals surface area contributed by atoms with Crippen LogP contribution in [-0.4, -0.2) is 25.1 Å². The van der Waals surface area contributed by atoms with Gasteiger partial charge < -0.3 is 0 Å². The van der Waals surface area contributed by atoms with Crippen molar-refractivity contribution in [3.8, 4) is 0 Å². The summed E-state index contributed by atoms with van der Waals surface area (Å²) < 4.78 is 67.4. The first kappa shape index (κ1) is 17.6. The second kappa shape index (κ2) is 6.27. The van der Waals surface area contributed by atoms with E-state index < -0.39 is 45.4 Å². The van der Waals surface area contributed by atoms with E-state index in [1.807, 2.05) is 0 Å². The first-order valence-corrected chi connectivity index (χ1v) is 8.92. The van der Waals surface area contributed by atoms with Crippen molar-refractivity contribution in [2.24, 2.45) is 0 Å². The van der Waals surface area contributed by atoms with Crippen LogP contribution in [0.25, 0.3) is 0 Å². The highest BCUT2D eigenvalue weighted by Crippen LogP contribution is 2.28. The van der Waals surface area contributed by atoms with Crippen LogP contribution in [0.4, 0.5) is 13.2 Å². The minimum Gasteiger partial charge on any atom is -0.294 e. The zero-order valence-electron chi connectivity index (χ0n) is 13.2. The summed E-state index contributed by atoms with van der Waals surface area (Å²) >= 11 is 0. The molecule has 0 saturated carbocycles. The molecule has 0 spiro atoms. The molecule has 1 aliphatic rings. The average molecular weight is 369 g/mol. The normalized spacial score (nSPS) is 15.8. The number of carbonyl (C=O) groups is 1. The predicted octanol–water partition coefficient (Wildman–Crippen LogP) is 3.19. The lowest BCUT2D eigenvalue weighted by Crippen LogP contribution is -2.31. The van der Waals surface area contributed by atoms with Crippen molar-refractivity contribution >= 4 is 15.8 Å². The summed E-state index contributed by atoms with van der Waals surface area (Å²) in [6.07, 6.45) is -0.319. The highest BCUT2D eigenvalue weighted by molar-refractivity contribution is 7.89. The molecule has 0 aromatic heterocycles. The molecule has 4 nitrogen and oxygen atoms in total. The maximum atomic E-state index is 14.0. The van der Waals surface area contributed by atoms with Crippen LogP contribution in [0.3, 0.4) is 0 Å². The van der Waals surface area contributed by atoms with Crippen LogP contribution in [0.2, 0.25) is 0 Å². The topological polar surface area (TPSA) is 54.5 Å². The number of Topliss-reactive ketones (excluding diaryl/α,β-unsaturated/α-hetero) is 1. The third-order valence-electron chi connectivity index (χ3n) is 4.12. The molecule has 8 heteroatoms. The Morgan fingerprint density at radius 1 is 1.04 bits per heavy atom. The van der Waals surface area contributed by atoms with E-state index in [9.17, 15) is 26.4 Å². The number of hydrogen-bond acceptors (Lipinski definition) is 3. The number of aryl methyl sites for hydroxylation is 1. The SMILES string of the molecule is Cc1ccc(S(=O)(=O)N2CCC(=O)c3c(cc(F)c(F)c3F)C2)cc1. The van der Waals surface area contributed by atoms with E-state index in [1.165, 1.54) is 12.1 Å². The van der Waals surface area contributed by atoms with Gasteiger partial charge in [-0.1, -0.05) is 17.7 Å². The Labute approximate surface area is 142 Å². The molecular formula is C17H14F3NO3S. The zero-order valence-corrected chi connectivity index (χ0v) is 14.0. The fourth-order valence-corrected chi connectivity index (χ4v) is 4.17. The molecule has 25 heavy (non-hydrogen) atoms. The first-order chi connectivity index (χ1) is 11.7. The van der Waals surface area contributed by atoms with Crippen LogP contribution in [0.1, 0.15) is 27.9 Å². The molecule has 0 amide bonds. The van der Waals surface area contributed by atoms with E-state index in [0.29, 0.717) is 6.07 Å². The number of rotatable bonds is 2. The summed E-state index contributed by atoms with van der Waals surface area (Å²) in [5.74, 6) is -5.52. The second-order valence-corrected chi connectivity index (χ2v) is 7.78. The van der Waals surface area contributed by atoms with E-state index in [-0.39, 0.29) is 23.4 Å². The molecule has 0 saturated heterocycles. The number of fused-ring (bicyclic) bond motifs is 1. The molecule has 3 rings (SSSR count). The van der Waals surface area contributed by atoms with Crippen molar-refractivity contribution in [2.75, 3.05) is 6.54 Å². The number of nitrogens with zero attached hydrogens (tertiary/aromatic N) is 1. The maximum absolute atomic E-state index is 14.0. The Bertz CT molecular complexity index is 956. The van der Waals surface area contributed by atoms with Crippen LogP contribution < -0.4 is 0 Å². The molecule has 0 radical (unpaired) electrons. The number of ketones is 1. The third kappa shape index (κ3) is 3.07. The molecule has 0 unspecified atom stereocenters. The number of halogens is 3. The molecule has 0 atom stereocenters. The minimum atomic E-state index is -3.96. The second-order valence-electron chi connectivity index (χ2n) is 5.85. The van der Waals surface area contributed by atoms with Crippen LogP contribution >= 0.6 is 0 Å². The summed E-state index contributed by atoms with van der Waals surface area (Å²) in [7, 11) is -3.96. The predicted molar refractivity (Wildman–Crippen MR) is 84.0 cm³/mol. The molecule has 1 aliphatic heterocycles. The van der Waals surface area contributed by atoms with E-state index in [1.54, 1.807) is 19.1 Å². The lowest BCUT2D eigenvalue weighted by Gasteiger charge is -2.20. The van der Waals surface area contributed by atoms with Gasteiger partial charge in [0.2, 0.25) is 10.0 Å². The standard InChI is InChI=1S/C17H14F3NO3S/c1-10-2-4-12(5-3-10)25(23,24)21-7-6-14(22)15-11(9-21)8-13(18)16(19)17(15)20/h2-5,8H,6-7,9H2,1H3. The summed E-state index contributed by atoms with van der Waals surface area (Å²) in [6, 6.07) is 6.76. The Morgan fingerprint density at radius 3 is 2.32 bits per heavy atom. The van der Waals surface area contributed by atoms with Crippen molar-refractivity contribution in [2.45, 2.75) is 24.8 Å². The maximum Gasteiger partial charge on any atom is 0.243 e. The Hall–Kier alpha value is -2.19. The van der Waals surface area contributed by atoms with E-state index in [0.717, 1.165) is 9.87 Å². The number of carbonyl (C=O) groups excluding carboxylic acids is 1. The van der Waals surface area contributed by atoms with Gasteiger partial charge in [0, 0.05) is 19.5 Å². The summed E-state index contributed by atoms with van der Waals surface area (Å²) in [4.78, 5) is 12.1. The summed E-state index contributed by atoms with van der Waals surface area (Å²) in [6.45, 7) is 1.19. The Kier molecular flexibility index (Phi) is 4.42. The van der Waals surface area contributed by atoms with Gasteiger partial charge in [0.25, 0.3) is 0 Å². The molecule has 0 bridgehead atoms. The zero-order chi connectivity index (χ0) is 18.4. The summed E-state index contributed by atoms with van der Waals surface area (Å²) in [5, 5.41) is 0. The lowest BCUT2D eigenvalue weighted by molar-refractivity contribution is 0.0976. The Morgan fingerprint density at radius 2 is 1.68 bits per heavy atom. The monoisotopic (exact) mass is 369 g/mol. The lowest BCUT2D eigenvalue weighted by atomic mass is 10.0. The molecule has 0 N–H and O–H groups in total.